The first-order valence-electron chi connectivity index (χ1n) is 4.63. The number of nitrogens with one attached hydrogen (secondary N) is 1. The monoisotopic (exact) mass is 241 g/mol. The average molecular weight is 241 g/mol. The third-order valence-corrected chi connectivity index (χ3v) is 2.82. The van der Waals surface area contributed by atoms with Crippen molar-refractivity contribution in [3.63, 3.8) is 0 Å². The summed E-state index contributed by atoms with van der Waals surface area (Å²) in [6, 6.07) is 3.50. The van der Waals surface area contributed by atoms with Crippen molar-refractivity contribution in [2.45, 2.75) is 6.42 Å². The Hall–Kier alpha value is -1.56. The molecule has 0 aliphatic heterocycles. The van der Waals surface area contributed by atoms with Gasteiger partial charge in [0.2, 0.25) is 5.13 Å². The number of aromatic nitrogens is 2. The summed E-state index contributed by atoms with van der Waals surface area (Å²) in [7, 11) is 1.74. The van der Waals surface area contributed by atoms with Crippen LogP contribution in [0.5, 0.6) is 0 Å². The number of hydrogen-bond acceptors (Lipinski definition) is 4. The quantitative estimate of drug-likeness (QED) is 0.897. The standard InChI is InChI=1S/C10H9F2N3S/c1-13-10-14-9(15-16-10)4-6-2-3-7(11)5-8(6)12/h2-3,5H,4H2,1H3,(H,13,14,15). The van der Waals surface area contributed by atoms with Gasteiger partial charge in [0.1, 0.15) is 17.5 Å². The molecule has 0 fully saturated rings. The predicted molar refractivity (Wildman–Crippen MR) is 58.6 cm³/mol. The van der Waals surface area contributed by atoms with Crippen molar-refractivity contribution in [2.24, 2.45) is 0 Å². The van der Waals surface area contributed by atoms with Gasteiger partial charge in [-0.15, -0.1) is 0 Å². The van der Waals surface area contributed by atoms with Gasteiger partial charge >= 0.3 is 0 Å². The van der Waals surface area contributed by atoms with Crippen molar-refractivity contribution >= 4 is 16.7 Å². The third-order valence-electron chi connectivity index (χ3n) is 2.05. The maximum absolute atomic E-state index is 13.3. The van der Waals surface area contributed by atoms with Crippen LogP contribution in [0.1, 0.15) is 11.4 Å². The van der Waals surface area contributed by atoms with Gasteiger partial charge in [0.25, 0.3) is 0 Å². The maximum Gasteiger partial charge on any atom is 0.202 e. The second kappa shape index (κ2) is 4.52. The van der Waals surface area contributed by atoms with Crippen LogP contribution < -0.4 is 5.32 Å². The summed E-state index contributed by atoms with van der Waals surface area (Å²) < 4.78 is 30.0. The number of anilines is 1. The molecule has 0 saturated carbocycles. The van der Waals surface area contributed by atoms with Gasteiger partial charge in [0.15, 0.2) is 0 Å². The summed E-state index contributed by atoms with van der Waals surface area (Å²) in [5.41, 5.74) is 0.391. The molecule has 0 aliphatic rings. The Bertz CT molecular complexity index is 499. The lowest BCUT2D eigenvalue weighted by Crippen LogP contribution is -1.96. The zero-order valence-electron chi connectivity index (χ0n) is 8.50. The lowest BCUT2D eigenvalue weighted by Gasteiger charge is -1.99. The molecule has 0 radical (unpaired) electrons. The van der Waals surface area contributed by atoms with E-state index in [4.69, 9.17) is 0 Å². The third kappa shape index (κ3) is 2.33. The summed E-state index contributed by atoms with van der Waals surface area (Å²) in [6.45, 7) is 0. The molecule has 16 heavy (non-hydrogen) atoms. The van der Waals surface area contributed by atoms with Crippen LogP contribution in [0.4, 0.5) is 13.9 Å². The van der Waals surface area contributed by atoms with Gasteiger partial charge in [-0.25, -0.2) is 13.8 Å². The molecule has 1 N–H and O–H groups in total. The van der Waals surface area contributed by atoms with Gasteiger partial charge in [-0.2, -0.15) is 4.37 Å². The van der Waals surface area contributed by atoms with Gasteiger partial charge in [-0.1, -0.05) is 6.07 Å². The molecule has 0 bridgehead atoms. The molecule has 2 rings (SSSR count). The van der Waals surface area contributed by atoms with Crippen LogP contribution in [0.25, 0.3) is 0 Å². The highest BCUT2D eigenvalue weighted by atomic mass is 32.1. The molecule has 2 aromatic rings. The van der Waals surface area contributed by atoms with Crippen LogP contribution in [-0.4, -0.2) is 16.4 Å². The van der Waals surface area contributed by atoms with Gasteiger partial charge in [-0.05, 0) is 11.6 Å². The van der Waals surface area contributed by atoms with Crippen molar-refractivity contribution in [1.29, 1.82) is 0 Å². The Morgan fingerprint density at radius 3 is 2.81 bits per heavy atom. The van der Waals surface area contributed by atoms with Gasteiger partial charge < -0.3 is 5.32 Å². The highest BCUT2D eigenvalue weighted by Crippen LogP contribution is 2.16. The normalized spacial score (nSPS) is 10.4. The molecule has 1 aromatic heterocycles. The smallest absolute Gasteiger partial charge is 0.202 e. The lowest BCUT2D eigenvalue weighted by atomic mass is 10.1. The molecule has 1 heterocycles. The first-order valence-corrected chi connectivity index (χ1v) is 5.40. The molecule has 0 amide bonds. The van der Waals surface area contributed by atoms with Crippen molar-refractivity contribution in [3.8, 4) is 0 Å². The summed E-state index contributed by atoms with van der Waals surface area (Å²) in [6.07, 6.45) is 0.268. The number of benzene rings is 1. The topological polar surface area (TPSA) is 37.8 Å². The molecule has 84 valence electrons. The fourth-order valence-electron chi connectivity index (χ4n) is 1.26. The Morgan fingerprint density at radius 2 is 2.19 bits per heavy atom. The molecule has 0 atom stereocenters. The predicted octanol–water partition coefficient (Wildman–Crippen LogP) is 2.45. The molecule has 6 heteroatoms. The molecular weight excluding hydrogens is 232 g/mol. The van der Waals surface area contributed by atoms with Crippen LogP contribution in [0.3, 0.4) is 0 Å². The van der Waals surface area contributed by atoms with E-state index in [1.165, 1.54) is 23.7 Å². The largest absolute Gasteiger partial charge is 0.363 e. The van der Waals surface area contributed by atoms with Gasteiger partial charge in [0, 0.05) is 31.1 Å². The Kier molecular flexibility index (Phi) is 3.09. The SMILES string of the molecule is CNc1nc(Cc2ccc(F)cc2F)ns1. The maximum atomic E-state index is 13.3. The van der Waals surface area contributed by atoms with E-state index >= 15 is 0 Å². The zero-order valence-corrected chi connectivity index (χ0v) is 9.31. The number of halogens is 2. The minimum absolute atomic E-state index is 0.268. The second-order valence-corrected chi connectivity index (χ2v) is 3.93. The van der Waals surface area contributed by atoms with Crippen LogP contribution in [0.2, 0.25) is 0 Å². The van der Waals surface area contributed by atoms with Gasteiger partial charge in [0.05, 0.1) is 0 Å². The first-order chi connectivity index (χ1) is 7.69. The molecular formula is C10H9F2N3S. The van der Waals surface area contributed by atoms with Gasteiger partial charge in [-0.3, -0.25) is 0 Å². The van der Waals surface area contributed by atoms with E-state index in [2.05, 4.69) is 14.7 Å². The van der Waals surface area contributed by atoms with E-state index in [0.717, 1.165) is 6.07 Å². The Morgan fingerprint density at radius 1 is 1.38 bits per heavy atom. The van der Waals surface area contributed by atoms with Crippen LogP contribution >= 0.6 is 11.5 Å². The van der Waals surface area contributed by atoms with Crippen molar-refractivity contribution in [3.05, 3.63) is 41.2 Å². The van der Waals surface area contributed by atoms with Crippen molar-refractivity contribution in [1.82, 2.24) is 9.36 Å². The number of nitrogens with zero attached hydrogens (tertiary/aromatic N) is 2. The summed E-state index contributed by atoms with van der Waals surface area (Å²) in [5, 5.41) is 3.53. The minimum atomic E-state index is -0.580. The molecule has 0 spiro atoms. The molecule has 0 unspecified atom stereocenters. The lowest BCUT2D eigenvalue weighted by molar-refractivity contribution is 0.574. The first kappa shape index (κ1) is 10.9. The fourth-order valence-corrected chi connectivity index (χ4v) is 1.80. The van der Waals surface area contributed by atoms with E-state index in [-0.39, 0.29) is 6.42 Å². The summed E-state index contributed by atoms with van der Waals surface area (Å²) in [5.74, 6) is -0.621. The van der Waals surface area contributed by atoms with E-state index in [1.807, 2.05) is 0 Å². The van der Waals surface area contributed by atoms with E-state index in [1.54, 1.807) is 7.05 Å². The highest BCUT2D eigenvalue weighted by molar-refractivity contribution is 7.09. The molecule has 0 saturated heterocycles. The molecule has 0 aliphatic carbocycles. The fraction of sp³-hybridized carbons (Fsp3) is 0.200. The minimum Gasteiger partial charge on any atom is -0.363 e. The summed E-state index contributed by atoms with van der Waals surface area (Å²) in [4.78, 5) is 4.12. The summed E-state index contributed by atoms with van der Waals surface area (Å²) >= 11 is 1.21. The molecule has 1 aromatic carbocycles. The molecule has 3 nitrogen and oxygen atoms in total. The highest BCUT2D eigenvalue weighted by Gasteiger charge is 2.08. The van der Waals surface area contributed by atoms with Crippen molar-refractivity contribution < 1.29 is 8.78 Å². The van der Waals surface area contributed by atoms with Crippen molar-refractivity contribution in [2.75, 3.05) is 12.4 Å². The average Bonchev–Trinajstić information content (AvgIpc) is 2.70. The van der Waals surface area contributed by atoms with Crippen LogP contribution in [0.15, 0.2) is 18.2 Å². The number of hydrogen-bond donors (Lipinski definition) is 1. The van der Waals surface area contributed by atoms with Crippen LogP contribution in [-0.2, 0) is 6.42 Å². The number of rotatable bonds is 3. The van der Waals surface area contributed by atoms with Crippen LogP contribution in [0, 0.1) is 11.6 Å². The van der Waals surface area contributed by atoms with E-state index < -0.39 is 11.6 Å². The Labute approximate surface area is 95.3 Å². The second-order valence-electron chi connectivity index (χ2n) is 3.18. The zero-order chi connectivity index (χ0) is 11.5. The van der Waals surface area contributed by atoms with E-state index in [0.29, 0.717) is 16.5 Å². The van der Waals surface area contributed by atoms with E-state index in [9.17, 15) is 8.78 Å². The Balaban J connectivity index is 2.20.